The third kappa shape index (κ3) is 4.24. The van der Waals surface area contributed by atoms with Crippen molar-refractivity contribution in [2.75, 3.05) is 0 Å². The summed E-state index contributed by atoms with van der Waals surface area (Å²) in [5.74, 6) is -1.84. The van der Waals surface area contributed by atoms with E-state index in [1.165, 1.54) is 28.8 Å². The summed E-state index contributed by atoms with van der Waals surface area (Å²) < 4.78 is 29.9. The molecule has 2 heterocycles. The molecule has 0 spiro atoms. The molecular formula is C15H16N3NaO5S3. The average molecular weight is 438 g/mol. The van der Waals surface area contributed by atoms with Crippen LogP contribution in [0.5, 0.6) is 0 Å². The number of aliphatic carboxylic acids is 1. The van der Waals surface area contributed by atoms with E-state index < -0.39 is 38.1 Å². The molecule has 2 saturated heterocycles. The Balaban J connectivity index is 0.00000261. The molecule has 1 amide bonds. The van der Waals surface area contributed by atoms with Crippen molar-refractivity contribution in [2.45, 2.75) is 41.8 Å². The van der Waals surface area contributed by atoms with Gasteiger partial charge in [-0.1, -0.05) is 17.7 Å². The maximum absolute atomic E-state index is 12.2. The van der Waals surface area contributed by atoms with E-state index in [1.807, 2.05) is 6.92 Å². The Kier molecular flexibility index (Phi) is 6.78. The van der Waals surface area contributed by atoms with Crippen LogP contribution in [0.4, 0.5) is 0 Å². The molecule has 0 bridgehead atoms. The van der Waals surface area contributed by atoms with Crippen molar-refractivity contribution in [3.05, 3.63) is 29.8 Å². The number of rotatable bonds is 5. The molecule has 0 radical (unpaired) electrons. The Hall–Kier alpha value is -0.560. The van der Waals surface area contributed by atoms with Gasteiger partial charge in [-0.05, 0) is 32.9 Å². The van der Waals surface area contributed by atoms with E-state index in [2.05, 4.69) is 8.53 Å². The summed E-state index contributed by atoms with van der Waals surface area (Å²) in [6.45, 7) is 5.28. The van der Waals surface area contributed by atoms with Gasteiger partial charge in [0.2, 0.25) is 0 Å². The number of carboxylic acids is 1. The predicted molar refractivity (Wildman–Crippen MR) is 97.6 cm³/mol. The van der Waals surface area contributed by atoms with Gasteiger partial charge in [0, 0.05) is 4.75 Å². The molecular weight excluding hydrogens is 421 g/mol. The molecule has 140 valence electrons. The van der Waals surface area contributed by atoms with Crippen LogP contribution in [0.15, 0.2) is 33.6 Å². The molecule has 1 N–H and O–H groups in total. The molecule has 0 aromatic heterocycles. The van der Waals surface area contributed by atoms with Crippen molar-refractivity contribution in [1.82, 2.24) is 9.03 Å². The summed E-state index contributed by atoms with van der Waals surface area (Å²) in [5.41, 5.74) is 1.06. The van der Waals surface area contributed by atoms with E-state index in [0.717, 1.165) is 5.56 Å². The maximum atomic E-state index is 12.2. The Bertz CT molecular complexity index is 902. The van der Waals surface area contributed by atoms with Crippen molar-refractivity contribution < 1.29 is 52.7 Å². The largest absolute Gasteiger partial charge is 1.00 e. The molecule has 0 unspecified atom stereocenters. The Morgan fingerprint density at radius 1 is 1.33 bits per heavy atom. The molecule has 2 fully saturated rings. The number of fused-ring (bicyclic) bond motifs is 1. The fourth-order valence-corrected chi connectivity index (χ4v) is 6.10. The van der Waals surface area contributed by atoms with Gasteiger partial charge in [-0.25, -0.2) is 8.42 Å². The molecule has 12 heteroatoms. The molecule has 2 aliphatic heterocycles. The minimum atomic E-state index is -3.77. The Morgan fingerprint density at radius 2 is 1.93 bits per heavy atom. The first-order valence-corrected chi connectivity index (χ1v) is 10.7. The predicted octanol–water partition coefficient (Wildman–Crippen LogP) is -2.91. The van der Waals surface area contributed by atoms with E-state index in [9.17, 15) is 23.1 Å². The summed E-state index contributed by atoms with van der Waals surface area (Å²) in [7, 11) is -3.77. The Morgan fingerprint density at radius 3 is 2.48 bits per heavy atom. The molecule has 1 aromatic rings. The van der Waals surface area contributed by atoms with E-state index in [1.54, 1.807) is 26.0 Å². The van der Waals surface area contributed by atoms with Crippen molar-refractivity contribution in [1.29, 1.82) is 0 Å². The summed E-state index contributed by atoms with van der Waals surface area (Å²) in [6.07, 6.45) is 0. The van der Waals surface area contributed by atoms with Gasteiger partial charge in [0.15, 0.2) is 0 Å². The number of carboxylic acid groups (broad SMARTS) is 1. The first-order valence-electron chi connectivity index (χ1n) is 7.58. The second-order valence-corrected chi connectivity index (χ2v) is 10.7. The summed E-state index contributed by atoms with van der Waals surface area (Å²) in [5, 5.41) is 10.8. The van der Waals surface area contributed by atoms with E-state index in [-0.39, 0.29) is 40.2 Å². The number of aryl methyl sites for hydroxylation is 1. The van der Waals surface area contributed by atoms with E-state index in [0.29, 0.717) is 12.1 Å². The van der Waals surface area contributed by atoms with Crippen LogP contribution < -0.4 is 38.8 Å². The topological polar surface area (TPSA) is 119 Å². The zero-order valence-electron chi connectivity index (χ0n) is 15.1. The van der Waals surface area contributed by atoms with Gasteiger partial charge in [0.1, 0.15) is 11.1 Å². The van der Waals surface area contributed by atoms with Gasteiger partial charge >= 0.3 is 29.6 Å². The minimum absolute atomic E-state index is 0. The van der Waals surface area contributed by atoms with E-state index in [4.69, 9.17) is 0 Å². The maximum Gasteiger partial charge on any atom is 1.00 e. The molecule has 8 nitrogen and oxygen atoms in total. The van der Waals surface area contributed by atoms with Crippen LogP contribution in [0, 0.1) is 6.92 Å². The number of β-lactam (4-membered cyclic amide) rings is 1. The fraction of sp³-hybridized carbons (Fsp3) is 0.400. The van der Waals surface area contributed by atoms with E-state index >= 15 is 0 Å². The first-order chi connectivity index (χ1) is 12.0. The number of nitrogens with one attached hydrogen (secondary N) is 1. The van der Waals surface area contributed by atoms with Crippen LogP contribution in [0.25, 0.3) is 0 Å². The van der Waals surface area contributed by atoms with Crippen molar-refractivity contribution in [3.8, 4) is 0 Å². The molecule has 27 heavy (non-hydrogen) atoms. The number of carbonyl (C=O) groups excluding carboxylic acids is 2. The quantitative estimate of drug-likeness (QED) is 0.298. The van der Waals surface area contributed by atoms with Crippen LogP contribution in [-0.2, 0) is 19.6 Å². The van der Waals surface area contributed by atoms with Crippen molar-refractivity contribution in [3.63, 3.8) is 0 Å². The Labute approximate surface area is 188 Å². The van der Waals surface area contributed by atoms with Crippen LogP contribution >= 0.6 is 23.9 Å². The summed E-state index contributed by atoms with van der Waals surface area (Å²) >= 11 is 1.82. The van der Waals surface area contributed by atoms with Gasteiger partial charge in [0.25, 0.3) is 15.9 Å². The van der Waals surface area contributed by atoms with Crippen LogP contribution in [0.1, 0.15) is 19.4 Å². The third-order valence-electron chi connectivity index (χ3n) is 4.14. The standard InChI is InChI=1S/C15H17N3O5S3.Na/c1-8-4-6-9(7-5-8)26(22,23)17-25-16-10-12(19)18-11(14(20)21)15(2,3)24-13(10)18;/h4-7,11,13,17H,1-3H3,(H,20,21);/q;+1/p-1/b16-10+;/t11-,13+;/m0./s1. The number of amides is 1. The summed E-state index contributed by atoms with van der Waals surface area (Å²) in [4.78, 5) is 24.8. The molecule has 1 aromatic carbocycles. The van der Waals surface area contributed by atoms with Gasteiger partial charge < -0.3 is 14.8 Å². The third-order valence-corrected chi connectivity index (χ3v) is 8.00. The molecule has 0 aliphatic carbocycles. The normalized spacial score (nSPS) is 24.9. The van der Waals surface area contributed by atoms with Crippen LogP contribution in [0.2, 0.25) is 0 Å². The van der Waals surface area contributed by atoms with Gasteiger partial charge in [-0.15, -0.1) is 15.9 Å². The van der Waals surface area contributed by atoms with Crippen LogP contribution in [-0.4, -0.2) is 47.1 Å². The van der Waals surface area contributed by atoms with Crippen molar-refractivity contribution >= 4 is 51.5 Å². The zero-order valence-corrected chi connectivity index (χ0v) is 19.6. The van der Waals surface area contributed by atoms with Crippen LogP contribution in [0.3, 0.4) is 0 Å². The number of carbonyl (C=O) groups is 2. The number of sulfonamides is 1. The number of hydrogen-bond donors (Lipinski definition) is 1. The van der Waals surface area contributed by atoms with Crippen molar-refractivity contribution in [2.24, 2.45) is 4.40 Å². The molecule has 2 atom stereocenters. The second kappa shape index (κ2) is 8.05. The number of benzene rings is 1. The number of thioether (sulfide) groups is 1. The smallest absolute Gasteiger partial charge is 0.548 e. The number of hydrogen-bond acceptors (Lipinski definition) is 8. The SMILES string of the molecule is Cc1ccc(S(=O)(=O)NS/N=C2\C(=O)N3[C@@H]2SC(C)(C)[C@@H]3C(=O)[O-])cc1.[Na+]. The average Bonchev–Trinajstić information content (AvgIpc) is 2.80. The molecule has 2 aliphatic rings. The first kappa shape index (κ1) is 22.7. The van der Waals surface area contributed by atoms with Gasteiger partial charge in [-0.3, -0.25) is 4.79 Å². The fourth-order valence-electron chi connectivity index (χ4n) is 2.83. The summed E-state index contributed by atoms with van der Waals surface area (Å²) in [6, 6.07) is 5.26. The zero-order chi connectivity index (χ0) is 19.3. The minimum Gasteiger partial charge on any atom is -0.548 e. The van der Waals surface area contributed by atoms with Gasteiger partial charge in [0.05, 0.1) is 29.0 Å². The van der Waals surface area contributed by atoms with Gasteiger partial charge in [-0.2, -0.15) is 4.40 Å². The molecule has 0 saturated carbocycles. The molecule has 3 rings (SSSR count). The monoisotopic (exact) mass is 437 g/mol. The number of nitrogens with zero attached hydrogens (tertiary/aromatic N) is 2. The second-order valence-electron chi connectivity index (χ2n) is 6.48.